The minimum atomic E-state index is 0.565. The van der Waals surface area contributed by atoms with Gasteiger partial charge in [0.05, 0.1) is 10.7 Å². The largest absolute Gasteiger partial charge is 0.368 e. The van der Waals surface area contributed by atoms with Crippen molar-refractivity contribution in [3.05, 3.63) is 59.1 Å². The molecule has 3 nitrogen and oxygen atoms in total. The molecule has 126 valence electrons. The van der Waals surface area contributed by atoms with E-state index < -0.39 is 0 Å². The highest BCUT2D eigenvalue weighted by Crippen LogP contribution is 2.31. The zero-order valence-corrected chi connectivity index (χ0v) is 15.3. The van der Waals surface area contributed by atoms with Gasteiger partial charge >= 0.3 is 0 Å². The van der Waals surface area contributed by atoms with Gasteiger partial charge in [-0.1, -0.05) is 41.9 Å². The average molecular weight is 360 g/mol. The number of nitrogens with one attached hydrogen (secondary N) is 2. The number of halogens is 1. The molecule has 1 unspecified atom stereocenters. The molecule has 2 N–H and O–H groups in total. The molecule has 0 radical (unpaired) electrons. The van der Waals surface area contributed by atoms with Gasteiger partial charge in [-0.2, -0.15) is 0 Å². The SMILES string of the molecule is CC1Cc2ccccc2N1CCCNC(=S)Nc1ccccc1Cl. The minimum Gasteiger partial charge on any atom is -0.368 e. The van der Waals surface area contributed by atoms with E-state index in [0.717, 1.165) is 31.6 Å². The summed E-state index contributed by atoms with van der Waals surface area (Å²) in [5.74, 6) is 0. The number of nitrogens with zero attached hydrogens (tertiary/aromatic N) is 1. The number of anilines is 2. The fraction of sp³-hybridized carbons (Fsp3) is 0.316. The van der Waals surface area contributed by atoms with E-state index in [1.54, 1.807) is 0 Å². The van der Waals surface area contributed by atoms with E-state index in [4.69, 9.17) is 23.8 Å². The zero-order chi connectivity index (χ0) is 16.9. The summed E-state index contributed by atoms with van der Waals surface area (Å²) in [6, 6.07) is 16.8. The summed E-state index contributed by atoms with van der Waals surface area (Å²) in [6.45, 7) is 4.15. The van der Waals surface area contributed by atoms with Crippen LogP contribution in [0.5, 0.6) is 0 Å². The maximum atomic E-state index is 6.12. The molecule has 0 aromatic heterocycles. The molecule has 0 bridgehead atoms. The Hall–Kier alpha value is -1.78. The summed E-state index contributed by atoms with van der Waals surface area (Å²) < 4.78 is 0. The van der Waals surface area contributed by atoms with Gasteiger partial charge in [-0.15, -0.1) is 0 Å². The van der Waals surface area contributed by atoms with Gasteiger partial charge in [0, 0.05) is 24.8 Å². The molecular weight excluding hydrogens is 338 g/mol. The van der Waals surface area contributed by atoms with Crippen LogP contribution in [0.2, 0.25) is 5.02 Å². The van der Waals surface area contributed by atoms with Crippen molar-refractivity contribution in [2.24, 2.45) is 0 Å². The second kappa shape index (κ2) is 7.86. The molecule has 0 spiro atoms. The topological polar surface area (TPSA) is 27.3 Å². The van der Waals surface area contributed by atoms with Crippen molar-refractivity contribution in [1.82, 2.24) is 5.32 Å². The number of thiocarbonyl (C=S) groups is 1. The van der Waals surface area contributed by atoms with Crippen LogP contribution in [-0.2, 0) is 6.42 Å². The molecule has 24 heavy (non-hydrogen) atoms. The van der Waals surface area contributed by atoms with Gasteiger partial charge in [-0.25, -0.2) is 0 Å². The second-order valence-corrected chi connectivity index (χ2v) is 6.91. The van der Waals surface area contributed by atoms with Crippen molar-refractivity contribution in [2.75, 3.05) is 23.3 Å². The first-order valence-corrected chi connectivity index (χ1v) is 9.07. The number of benzene rings is 2. The number of hydrogen-bond donors (Lipinski definition) is 2. The normalized spacial score (nSPS) is 15.9. The monoisotopic (exact) mass is 359 g/mol. The van der Waals surface area contributed by atoms with Crippen LogP contribution in [0, 0.1) is 0 Å². The summed E-state index contributed by atoms with van der Waals surface area (Å²) >= 11 is 11.5. The first kappa shape index (κ1) is 17.1. The maximum Gasteiger partial charge on any atom is 0.170 e. The van der Waals surface area contributed by atoms with Crippen LogP contribution in [-0.4, -0.2) is 24.2 Å². The second-order valence-electron chi connectivity index (χ2n) is 6.09. The maximum absolute atomic E-state index is 6.12. The number of para-hydroxylation sites is 2. The molecular formula is C19H22ClN3S. The Morgan fingerprint density at radius 2 is 1.96 bits per heavy atom. The Labute approximate surface area is 154 Å². The van der Waals surface area contributed by atoms with Crippen molar-refractivity contribution in [3.8, 4) is 0 Å². The third-order valence-electron chi connectivity index (χ3n) is 4.33. The lowest BCUT2D eigenvalue weighted by Gasteiger charge is -2.25. The van der Waals surface area contributed by atoms with E-state index in [9.17, 15) is 0 Å². The molecule has 1 heterocycles. The Kier molecular flexibility index (Phi) is 5.59. The highest BCUT2D eigenvalue weighted by molar-refractivity contribution is 7.80. The molecule has 2 aromatic rings. The molecule has 1 atom stereocenters. The third kappa shape index (κ3) is 4.00. The minimum absolute atomic E-state index is 0.565. The predicted molar refractivity (Wildman–Crippen MR) is 107 cm³/mol. The molecule has 1 aliphatic heterocycles. The fourth-order valence-corrected chi connectivity index (χ4v) is 3.55. The number of hydrogen-bond acceptors (Lipinski definition) is 2. The van der Waals surface area contributed by atoms with Gasteiger partial charge in [-0.05, 0) is 55.7 Å². The van der Waals surface area contributed by atoms with E-state index in [2.05, 4.69) is 46.7 Å². The zero-order valence-electron chi connectivity index (χ0n) is 13.8. The average Bonchev–Trinajstić information content (AvgIpc) is 2.89. The Morgan fingerprint density at radius 3 is 2.79 bits per heavy atom. The van der Waals surface area contributed by atoms with Crippen molar-refractivity contribution in [3.63, 3.8) is 0 Å². The van der Waals surface area contributed by atoms with Gasteiger partial charge < -0.3 is 15.5 Å². The summed E-state index contributed by atoms with van der Waals surface area (Å²) in [7, 11) is 0. The third-order valence-corrected chi connectivity index (χ3v) is 4.91. The van der Waals surface area contributed by atoms with Gasteiger partial charge in [0.1, 0.15) is 0 Å². The van der Waals surface area contributed by atoms with E-state index >= 15 is 0 Å². The van der Waals surface area contributed by atoms with Crippen LogP contribution < -0.4 is 15.5 Å². The molecule has 0 saturated heterocycles. The van der Waals surface area contributed by atoms with Crippen LogP contribution in [0.25, 0.3) is 0 Å². The van der Waals surface area contributed by atoms with Crippen LogP contribution in [0.1, 0.15) is 18.9 Å². The summed E-state index contributed by atoms with van der Waals surface area (Å²) in [5, 5.41) is 7.67. The van der Waals surface area contributed by atoms with Crippen LogP contribution >= 0.6 is 23.8 Å². The smallest absolute Gasteiger partial charge is 0.170 e. The van der Waals surface area contributed by atoms with E-state index in [1.807, 2.05) is 24.3 Å². The predicted octanol–water partition coefficient (Wildman–Crippen LogP) is 4.47. The van der Waals surface area contributed by atoms with Crippen molar-refractivity contribution < 1.29 is 0 Å². The highest BCUT2D eigenvalue weighted by Gasteiger charge is 2.24. The summed E-state index contributed by atoms with van der Waals surface area (Å²) in [6.07, 6.45) is 2.17. The Balaban J connectivity index is 1.44. The van der Waals surface area contributed by atoms with E-state index in [1.165, 1.54) is 11.3 Å². The molecule has 3 rings (SSSR count). The molecule has 1 aliphatic rings. The van der Waals surface area contributed by atoms with Gasteiger partial charge in [0.2, 0.25) is 0 Å². The van der Waals surface area contributed by atoms with Crippen LogP contribution in [0.15, 0.2) is 48.5 Å². The standard InChI is InChI=1S/C19H22ClN3S/c1-14-13-15-7-2-5-10-18(15)23(14)12-6-11-21-19(24)22-17-9-4-3-8-16(17)20/h2-5,7-10,14H,6,11-13H2,1H3,(H2,21,22,24). The van der Waals surface area contributed by atoms with E-state index in [0.29, 0.717) is 16.2 Å². The lowest BCUT2D eigenvalue weighted by atomic mass is 10.1. The lowest BCUT2D eigenvalue weighted by molar-refractivity contribution is 0.641. The van der Waals surface area contributed by atoms with Crippen molar-refractivity contribution in [2.45, 2.75) is 25.8 Å². The molecule has 0 aliphatic carbocycles. The Bertz CT molecular complexity index is 719. The molecule has 0 amide bonds. The molecule has 5 heteroatoms. The quantitative estimate of drug-likeness (QED) is 0.608. The molecule has 0 saturated carbocycles. The van der Waals surface area contributed by atoms with Gasteiger partial charge in [0.25, 0.3) is 0 Å². The molecule has 0 fully saturated rings. The first-order chi connectivity index (χ1) is 11.6. The number of rotatable bonds is 5. The van der Waals surface area contributed by atoms with Crippen molar-refractivity contribution in [1.29, 1.82) is 0 Å². The van der Waals surface area contributed by atoms with Crippen molar-refractivity contribution >= 4 is 40.3 Å². The lowest BCUT2D eigenvalue weighted by Crippen LogP contribution is -2.34. The van der Waals surface area contributed by atoms with Crippen LogP contribution in [0.3, 0.4) is 0 Å². The Morgan fingerprint density at radius 1 is 1.21 bits per heavy atom. The van der Waals surface area contributed by atoms with Crippen LogP contribution in [0.4, 0.5) is 11.4 Å². The fourth-order valence-electron chi connectivity index (χ4n) is 3.15. The van der Waals surface area contributed by atoms with E-state index in [-0.39, 0.29) is 0 Å². The first-order valence-electron chi connectivity index (χ1n) is 8.29. The van der Waals surface area contributed by atoms with Gasteiger partial charge in [0.15, 0.2) is 5.11 Å². The highest BCUT2D eigenvalue weighted by atomic mass is 35.5. The summed E-state index contributed by atoms with van der Waals surface area (Å²) in [5.41, 5.74) is 3.66. The molecule has 2 aromatic carbocycles. The number of fused-ring (bicyclic) bond motifs is 1. The summed E-state index contributed by atoms with van der Waals surface area (Å²) in [4.78, 5) is 2.49. The van der Waals surface area contributed by atoms with Gasteiger partial charge in [-0.3, -0.25) is 0 Å².